The molecule has 0 unspecified atom stereocenters. The minimum atomic E-state index is -0.404. The molecule has 2 saturated heterocycles. The normalized spacial score (nSPS) is 19.4. The van der Waals surface area contributed by atoms with Gasteiger partial charge in [-0.2, -0.15) is 5.10 Å². The van der Waals surface area contributed by atoms with E-state index < -0.39 is 5.82 Å². The first-order valence-electron chi connectivity index (χ1n) is 10.9. The predicted octanol–water partition coefficient (Wildman–Crippen LogP) is 2.94. The van der Waals surface area contributed by atoms with E-state index in [1.807, 2.05) is 20.9 Å². The molecule has 3 aromatic rings. The first-order valence-corrected chi connectivity index (χ1v) is 10.9. The van der Waals surface area contributed by atoms with Gasteiger partial charge in [-0.15, -0.1) is 0 Å². The summed E-state index contributed by atoms with van der Waals surface area (Å²) in [5.41, 5.74) is 1.93. The lowest BCUT2D eigenvalue weighted by molar-refractivity contribution is -0.135. The molecule has 0 radical (unpaired) electrons. The van der Waals surface area contributed by atoms with E-state index in [9.17, 15) is 14.0 Å². The zero-order valence-corrected chi connectivity index (χ0v) is 18.7. The Balaban J connectivity index is 1.21. The molecular weight excluding hydrogens is 427 g/mol. The fraction of sp³-hybridized carbons (Fsp3) is 0.375. The Morgan fingerprint density at radius 2 is 1.85 bits per heavy atom. The number of aryl methyl sites for hydroxylation is 2. The second kappa shape index (κ2) is 8.06. The molecule has 2 aliphatic heterocycles. The topological polar surface area (TPSA) is 80.8 Å². The average molecular weight is 452 g/mol. The molecule has 0 saturated carbocycles. The summed E-state index contributed by atoms with van der Waals surface area (Å²) in [4.78, 5) is 29.4. The van der Waals surface area contributed by atoms with E-state index in [-0.39, 0.29) is 36.3 Å². The molecule has 0 aliphatic carbocycles. The highest BCUT2D eigenvalue weighted by Gasteiger charge is 2.47. The lowest BCUT2D eigenvalue weighted by atomic mass is 10.1. The van der Waals surface area contributed by atoms with Gasteiger partial charge in [-0.1, -0.05) is 12.1 Å². The van der Waals surface area contributed by atoms with Crippen LogP contribution in [0.5, 0.6) is 5.75 Å². The molecule has 2 fully saturated rings. The highest BCUT2D eigenvalue weighted by Crippen LogP contribution is 2.33. The molecule has 2 aliphatic rings. The maximum Gasteiger partial charge on any atom is 0.289 e. The number of furan rings is 1. The van der Waals surface area contributed by atoms with Crippen LogP contribution in [0.4, 0.5) is 4.39 Å². The van der Waals surface area contributed by atoms with Crippen LogP contribution in [-0.4, -0.2) is 63.2 Å². The number of piperazine rings is 1. The van der Waals surface area contributed by atoms with Gasteiger partial charge in [0.2, 0.25) is 0 Å². The van der Waals surface area contributed by atoms with Crippen LogP contribution in [0.3, 0.4) is 0 Å². The van der Waals surface area contributed by atoms with Gasteiger partial charge in [0, 0.05) is 20.1 Å². The highest BCUT2D eigenvalue weighted by atomic mass is 19.1. The van der Waals surface area contributed by atoms with E-state index in [0.717, 1.165) is 17.8 Å². The van der Waals surface area contributed by atoms with Crippen LogP contribution >= 0.6 is 0 Å². The van der Waals surface area contributed by atoms with E-state index in [4.69, 9.17) is 9.15 Å². The molecule has 8 nitrogen and oxygen atoms in total. The van der Waals surface area contributed by atoms with E-state index in [1.54, 1.807) is 44.8 Å². The van der Waals surface area contributed by atoms with Gasteiger partial charge < -0.3 is 19.0 Å². The number of ether oxygens (including phenoxy) is 1. The Morgan fingerprint density at radius 3 is 2.52 bits per heavy atom. The predicted molar refractivity (Wildman–Crippen MR) is 117 cm³/mol. The van der Waals surface area contributed by atoms with Crippen LogP contribution < -0.4 is 4.74 Å². The number of halogens is 1. The third-order valence-electron chi connectivity index (χ3n) is 6.56. The molecule has 2 aromatic heterocycles. The van der Waals surface area contributed by atoms with Crippen molar-refractivity contribution < 1.29 is 23.1 Å². The molecule has 9 heteroatoms. The van der Waals surface area contributed by atoms with Gasteiger partial charge in [0.05, 0.1) is 23.3 Å². The van der Waals surface area contributed by atoms with E-state index in [2.05, 4.69) is 5.10 Å². The third kappa shape index (κ3) is 3.67. The van der Waals surface area contributed by atoms with Crippen molar-refractivity contribution in [1.29, 1.82) is 0 Å². The van der Waals surface area contributed by atoms with Gasteiger partial charge in [0.25, 0.3) is 11.8 Å². The summed E-state index contributed by atoms with van der Waals surface area (Å²) in [5, 5.41) is 4.30. The molecule has 33 heavy (non-hydrogen) atoms. The number of likely N-dealkylation sites (tertiary alicyclic amines) is 2. The van der Waals surface area contributed by atoms with Gasteiger partial charge in [-0.25, -0.2) is 4.39 Å². The monoisotopic (exact) mass is 452 g/mol. The first-order chi connectivity index (χ1) is 15.8. The lowest BCUT2D eigenvalue weighted by Gasteiger charge is -2.33. The fourth-order valence-corrected chi connectivity index (χ4v) is 4.80. The number of aromatic nitrogens is 2. The number of fused-ring (bicyclic) bond motifs is 2. The number of nitrogens with zero attached hydrogens (tertiary/aromatic N) is 4. The van der Waals surface area contributed by atoms with Crippen LogP contribution in [0.15, 0.2) is 40.8 Å². The summed E-state index contributed by atoms with van der Waals surface area (Å²) in [7, 11) is 1.83. The Hall–Kier alpha value is -3.62. The van der Waals surface area contributed by atoms with Crippen molar-refractivity contribution in [3.8, 4) is 17.1 Å². The molecule has 1 aromatic carbocycles. The van der Waals surface area contributed by atoms with Crippen molar-refractivity contribution >= 4 is 11.8 Å². The zero-order chi connectivity index (χ0) is 23.3. The van der Waals surface area contributed by atoms with Crippen molar-refractivity contribution in [3.05, 3.63) is 59.4 Å². The number of hydrogen-bond donors (Lipinski definition) is 0. The van der Waals surface area contributed by atoms with Crippen molar-refractivity contribution in [2.24, 2.45) is 7.05 Å². The number of amides is 2. The minimum Gasteiger partial charge on any atom is -0.480 e. The van der Waals surface area contributed by atoms with Crippen molar-refractivity contribution in [3.63, 3.8) is 0 Å². The van der Waals surface area contributed by atoms with E-state index in [0.29, 0.717) is 30.2 Å². The van der Waals surface area contributed by atoms with Gasteiger partial charge >= 0.3 is 0 Å². The summed E-state index contributed by atoms with van der Waals surface area (Å²) in [6.07, 6.45) is 0.726. The number of carbonyl (C=O) groups is 2. The summed E-state index contributed by atoms with van der Waals surface area (Å²) in [6, 6.07) is 9.34. The molecule has 4 heterocycles. The molecule has 5 rings (SSSR count). The second-order valence-electron chi connectivity index (χ2n) is 8.60. The Morgan fingerprint density at radius 1 is 1.12 bits per heavy atom. The first kappa shape index (κ1) is 21.2. The average Bonchev–Trinajstić information content (AvgIpc) is 3.57. The van der Waals surface area contributed by atoms with Crippen LogP contribution in [-0.2, 0) is 11.8 Å². The van der Waals surface area contributed by atoms with Crippen LogP contribution in [0.2, 0.25) is 0 Å². The Kier molecular flexibility index (Phi) is 5.19. The maximum absolute atomic E-state index is 14.0. The largest absolute Gasteiger partial charge is 0.480 e. The smallest absolute Gasteiger partial charge is 0.289 e. The summed E-state index contributed by atoms with van der Waals surface area (Å²) in [5.74, 6) is 0.377. The molecule has 172 valence electrons. The van der Waals surface area contributed by atoms with E-state index >= 15 is 0 Å². The Bertz CT molecular complexity index is 1230. The third-order valence-corrected chi connectivity index (χ3v) is 6.56. The van der Waals surface area contributed by atoms with Crippen molar-refractivity contribution in [2.75, 3.05) is 19.7 Å². The number of hydrogen-bond acceptors (Lipinski definition) is 5. The molecule has 0 N–H and O–H groups in total. The van der Waals surface area contributed by atoms with Gasteiger partial charge in [-0.05, 0) is 44.5 Å². The number of carbonyl (C=O) groups excluding carboxylic acids is 2. The summed E-state index contributed by atoms with van der Waals surface area (Å²) < 4.78 is 27.2. The molecule has 2 bridgehead atoms. The SMILES string of the molecule is Cc1nn(C)c(C)c1OCC(=O)N1C[C@@H]2C[C@H]1CN2C(=O)c1ccc(-c2ccccc2F)o1. The van der Waals surface area contributed by atoms with E-state index in [1.165, 1.54) is 6.07 Å². The standard InChI is InChI=1S/C24H25FN4O4/c1-14-23(15(2)27(3)26-14)32-13-22(30)28-11-17-10-16(28)12-29(17)24(31)21-9-8-20(33-21)18-6-4-5-7-19(18)25/h4-9,16-17H,10-13H2,1-3H3/t16-,17-/m0/s1. The van der Waals surface area contributed by atoms with Crippen molar-refractivity contribution in [1.82, 2.24) is 19.6 Å². The molecule has 0 spiro atoms. The highest BCUT2D eigenvalue weighted by molar-refractivity contribution is 5.93. The Labute approximate surface area is 190 Å². The van der Waals surface area contributed by atoms with Crippen molar-refractivity contribution in [2.45, 2.75) is 32.4 Å². The van der Waals surface area contributed by atoms with Crippen LogP contribution in [0, 0.1) is 19.7 Å². The molecule has 2 atom stereocenters. The second-order valence-corrected chi connectivity index (χ2v) is 8.60. The van der Waals surface area contributed by atoms with Gasteiger partial charge in [0.1, 0.15) is 17.3 Å². The summed E-state index contributed by atoms with van der Waals surface area (Å²) >= 11 is 0. The fourth-order valence-electron chi connectivity index (χ4n) is 4.80. The van der Waals surface area contributed by atoms with Gasteiger partial charge in [0.15, 0.2) is 18.1 Å². The molecular formula is C24H25FN4O4. The lowest BCUT2D eigenvalue weighted by Crippen LogP contribution is -2.51. The quantitative estimate of drug-likeness (QED) is 0.595. The van der Waals surface area contributed by atoms with Crippen LogP contribution in [0.1, 0.15) is 28.4 Å². The molecule has 2 amide bonds. The maximum atomic E-state index is 14.0. The number of benzene rings is 1. The van der Waals surface area contributed by atoms with Gasteiger partial charge in [-0.3, -0.25) is 14.3 Å². The summed E-state index contributed by atoms with van der Waals surface area (Å²) in [6.45, 7) is 4.59. The number of rotatable bonds is 5. The minimum absolute atomic E-state index is 0.0489. The zero-order valence-electron chi connectivity index (χ0n) is 18.7. The van der Waals surface area contributed by atoms with Crippen LogP contribution in [0.25, 0.3) is 11.3 Å².